The summed E-state index contributed by atoms with van der Waals surface area (Å²) in [6, 6.07) is 4.03. The van der Waals surface area contributed by atoms with Crippen molar-refractivity contribution in [3.63, 3.8) is 0 Å². The first-order valence-electron chi connectivity index (χ1n) is 5.43. The van der Waals surface area contributed by atoms with E-state index in [-0.39, 0.29) is 0 Å². The Morgan fingerprint density at radius 1 is 1.41 bits per heavy atom. The second-order valence-electron chi connectivity index (χ2n) is 4.04. The highest BCUT2D eigenvalue weighted by atomic mass is 32.1. The van der Waals surface area contributed by atoms with Gasteiger partial charge in [-0.05, 0) is 12.1 Å². The van der Waals surface area contributed by atoms with E-state index in [1.165, 1.54) is 10.9 Å². The van der Waals surface area contributed by atoms with Gasteiger partial charge in [0, 0.05) is 29.0 Å². The summed E-state index contributed by atoms with van der Waals surface area (Å²) in [7, 11) is 0. The molecule has 2 N–H and O–H groups in total. The fraction of sp³-hybridized carbons (Fsp3) is 0.167. The molecule has 3 aromatic heterocycles. The van der Waals surface area contributed by atoms with E-state index in [9.17, 15) is 0 Å². The van der Waals surface area contributed by atoms with Gasteiger partial charge in [-0.25, -0.2) is 4.98 Å². The van der Waals surface area contributed by atoms with Crippen LogP contribution in [0.15, 0.2) is 18.3 Å². The normalized spacial score (nSPS) is 14.1. The van der Waals surface area contributed by atoms with Crippen molar-refractivity contribution in [2.45, 2.75) is 6.42 Å². The largest absolute Gasteiger partial charge is 0.477 e. The number of pyridine rings is 2. The minimum Gasteiger partial charge on any atom is -0.477 e. The van der Waals surface area contributed by atoms with Gasteiger partial charge in [-0.3, -0.25) is 0 Å². The van der Waals surface area contributed by atoms with E-state index in [0.29, 0.717) is 18.3 Å². The molecule has 5 heteroatoms. The minimum absolute atomic E-state index is 0.545. The molecule has 0 saturated heterocycles. The third-order valence-corrected chi connectivity index (χ3v) is 4.21. The van der Waals surface area contributed by atoms with Crippen molar-refractivity contribution in [1.29, 1.82) is 0 Å². The van der Waals surface area contributed by atoms with Gasteiger partial charge in [0.05, 0.1) is 11.3 Å². The van der Waals surface area contributed by atoms with Crippen LogP contribution in [0, 0.1) is 0 Å². The maximum atomic E-state index is 5.98. The van der Waals surface area contributed by atoms with Gasteiger partial charge >= 0.3 is 0 Å². The lowest BCUT2D eigenvalue weighted by molar-refractivity contribution is 0.345. The quantitative estimate of drug-likeness (QED) is 0.658. The molecule has 0 unspecified atom stereocenters. The first-order chi connectivity index (χ1) is 8.34. The van der Waals surface area contributed by atoms with Crippen molar-refractivity contribution in [3.05, 3.63) is 23.9 Å². The van der Waals surface area contributed by atoms with Crippen LogP contribution < -0.4 is 10.5 Å². The number of aromatic nitrogens is 2. The van der Waals surface area contributed by atoms with Gasteiger partial charge in [0.2, 0.25) is 5.88 Å². The number of anilines is 1. The number of ether oxygens (including phenoxy) is 1. The highest BCUT2D eigenvalue weighted by Gasteiger charge is 2.22. The number of fused-ring (bicyclic) bond motifs is 5. The number of rotatable bonds is 0. The van der Waals surface area contributed by atoms with E-state index < -0.39 is 0 Å². The van der Waals surface area contributed by atoms with Crippen molar-refractivity contribution in [3.8, 4) is 5.88 Å². The van der Waals surface area contributed by atoms with Crippen molar-refractivity contribution in [2.75, 3.05) is 12.3 Å². The van der Waals surface area contributed by atoms with Gasteiger partial charge in [-0.1, -0.05) is 0 Å². The fourth-order valence-electron chi connectivity index (χ4n) is 2.35. The molecule has 0 saturated carbocycles. The van der Waals surface area contributed by atoms with Gasteiger partial charge < -0.3 is 10.5 Å². The highest BCUT2D eigenvalue weighted by Crippen LogP contribution is 2.42. The summed E-state index contributed by atoms with van der Waals surface area (Å²) >= 11 is 1.60. The predicted molar refractivity (Wildman–Crippen MR) is 68.5 cm³/mol. The van der Waals surface area contributed by atoms with E-state index in [1.54, 1.807) is 17.5 Å². The zero-order valence-corrected chi connectivity index (χ0v) is 9.75. The van der Waals surface area contributed by atoms with E-state index in [4.69, 9.17) is 10.5 Å². The molecule has 4 rings (SSSR count). The lowest BCUT2D eigenvalue weighted by Gasteiger charge is -2.02. The van der Waals surface area contributed by atoms with E-state index in [0.717, 1.165) is 21.3 Å². The van der Waals surface area contributed by atoms with E-state index >= 15 is 0 Å². The van der Waals surface area contributed by atoms with E-state index in [2.05, 4.69) is 16.0 Å². The van der Waals surface area contributed by atoms with E-state index in [1.807, 2.05) is 6.07 Å². The third kappa shape index (κ3) is 1.12. The Bertz CT molecular complexity index is 750. The summed E-state index contributed by atoms with van der Waals surface area (Å²) in [4.78, 5) is 9.71. The van der Waals surface area contributed by atoms with Crippen LogP contribution in [0.25, 0.3) is 20.3 Å². The molecule has 1 aliphatic rings. The molecule has 0 spiro atoms. The number of hydrogen-bond donors (Lipinski definition) is 1. The standard InChI is InChI=1S/C12H9N3OS/c13-10-9-8(6-3-5-16-11(6)15-10)7-2-1-4-14-12(7)17-9/h1-2,4H,3,5H2,(H2,13,15). The first-order valence-corrected chi connectivity index (χ1v) is 6.24. The van der Waals surface area contributed by atoms with Crippen molar-refractivity contribution < 1.29 is 4.74 Å². The Morgan fingerprint density at radius 2 is 2.35 bits per heavy atom. The van der Waals surface area contributed by atoms with Crippen LogP contribution in [-0.2, 0) is 6.42 Å². The topological polar surface area (TPSA) is 61.0 Å². The first kappa shape index (κ1) is 9.18. The second-order valence-corrected chi connectivity index (χ2v) is 5.04. The summed E-state index contributed by atoms with van der Waals surface area (Å²) in [5, 5.41) is 2.33. The number of hydrogen-bond acceptors (Lipinski definition) is 5. The van der Waals surface area contributed by atoms with Crippen LogP contribution in [0.2, 0.25) is 0 Å². The number of nitrogens with zero attached hydrogens (tertiary/aromatic N) is 2. The smallest absolute Gasteiger partial charge is 0.219 e. The second kappa shape index (κ2) is 3.07. The van der Waals surface area contributed by atoms with Crippen LogP contribution in [0.5, 0.6) is 5.88 Å². The maximum absolute atomic E-state index is 5.98. The molecule has 0 radical (unpaired) electrons. The summed E-state index contributed by atoms with van der Waals surface area (Å²) in [6.07, 6.45) is 2.71. The molecule has 0 fully saturated rings. The molecule has 0 atom stereocenters. The highest BCUT2D eigenvalue weighted by molar-refractivity contribution is 7.26. The van der Waals surface area contributed by atoms with Crippen molar-refractivity contribution in [2.24, 2.45) is 0 Å². The molecule has 0 bridgehead atoms. The Morgan fingerprint density at radius 3 is 3.29 bits per heavy atom. The maximum Gasteiger partial charge on any atom is 0.219 e. The lowest BCUT2D eigenvalue weighted by atomic mass is 10.1. The van der Waals surface area contributed by atoms with Gasteiger partial charge in [-0.2, -0.15) is 4.98 Å². The summed E-state index contributed by atoms with van der Waals surface area (Å²) in [5.74, 6) is 1.24. The molecule has 17 heavy (non-hydrogen) atoms. The summed E-state index contributed by atoms with van der Waals surface area (Å²) in [6.45, 7) is 0.693. The Balaban J connectivity index is 2.30. The average molecular weight is 243 g/mol. The number of thiophene rings is 1. The van der Waals surface area contributed by atoms with Crippen LogP contribution in [0.4, 0.5) is 5.82 Å². The Kier molecular flexibility index (Phi) is 1.66. The van der Waals surface area contributed by atoms with Crippen LogP contribution in [0.1, 0.15) is 5.56 Å². The Labute approximate surface area is 101 Å². The SMILES string of the molecule is Nc1nc2c(c3c1sc1ncccc13)CCO2. The average Bonchev–Trinajstić information content (AvgIpc) is 2.91. The molecule has 4 nitrogen and oxygen atoms in total. The monoisotopic (exact) mass is 243 g/mol. The van der Waals surface area contributed by atoms with Gasteiger partial charge in [0.1, 0.15) is 10.6 Å². The molecule has 0 amide bonds. The van der Waals surface area contributed by atoms with Crippen LogP contribution >= 0.6 is 11.3 Å². The molecule has 0 aliphatic carbocycles. The summed E-state index contributed by atoms with van der Waals surface area (Å²) in [5.41, 5.74) is 7.16. The molecule has 3 aromatic rings. The number of nitrogens with two attached hydrogens (primary N) is 1. The molecular formula is C12H9N3OS. The summed E-state index contributed by atoms with van der Waals surface area (Å²) < 4.78 is 6.53. The third-order valence-electron chi connectivity index (χ3n) is 3.07. The molecule has 0 aromatic carbocycles. The zero-order valence-electron chi connectivity index (χ0n) is 8.93. The predicted octanol–water partition coefficient (Wildman–Crippen LogP) is 2.36. The molecule has 4 heterocycles. The minimum atomic E-state index is 0.545. The van der Waals surface area contributed by atoms with Crippen LogP contribution in [-0.4, -0.2) is 16.6 Å². The van der Waals surface area contributed by atoms with Gasteiger partial charge in [0.25, 0.3) is 0 Å². The number of nitrogen functional groups attached to an aromatic ring is 1. The van der Waals surface area contributed by atoms with Gasteiger partial charge in [-0.15, -0.1) is 11.3 Å². The fourth-order valence-corrected chi connectivity index (χ4v) is 3.42. The molecule has 84 valence electrons. The van der Waals surface area contributed by atoms with Gasteiger partial charge in [0.15, 0.2) is 0 Å². The van der Waals surface area contributed by atoms with Crippen molar-refractivity contribution >= 4 is 37.5 Å². The van der Waals surface area contributed by atoms with Crippen molar-refractivity contribution in [1.82, 2.24) is 9.97 Å². The zero-order chi connectivity index (χ0) is 11.4. The lowest BCUT2D eigenvalue weighted by Crippen LogP contribution is -1.93. The Hall–Kier alpha value is -1.88. The molecule has 1 aliphatic heterocycles. The van der Waals surface area contributed by atoms with Crippen LogP contribution in [0.3, 0.4) is 0 Å². The molecular weight excluding hydrogens is 234 g/mol.